The second-order valence-corrected chi connectivity index (χ2v) is 5.44. The summed E-state index contributed by atoms with van der Waals surface area (Å²) in [6.07, 6.45) is 3.38. The van der Waals surface area contributed by atoms with Crippen molar-refractivity contribution in [3.05, 3.63) is 17.7 Å². The first-order valence-corrected chi connectivity index (χ1v) is 5.70. The lowest BCUT2D eigenvalue weighted by Gasteiger charge is -2.26. The van der Waals surface area contributed by atoms with E-state index in [1.165, 1.54) is 0 Å². The molecule has 0 amide bonds. The lowest BCUT2D eigenvalue weighted by molar-refractivity contribution is -0.139. The van der Waals surface area contributed by atoms with Gasteiger partial charge in [-0.1, -0.05) is 20.8 Å². The van der Waals surface area contributed by atoms with Crippen molar-refractivity contribution in [1.29, 1.82) is 0 Å². The second-order valence-electron chi connectivity index (χ2n) is 5.44. The molecule has 1 aliphatic heterocycles. The Morgan fingerprint density at radius 1 is 1.56 bits per heavy atom. The van der Waals surface area contributed by atoms with Crippen LogP contribution in [0.2, 0.25) is 0 Å². The Hall–Kier alpha value is -1.32. The summed E-state index contributed by atoms with van der Waals surface area (Å²) in [4.78, 5) is 15.5. The van der Waals surface area contributed by atoms with Crippen molar-refractivity contribution in [3.8, 4) is 0 Å². The largest absolute Gasteiger partial charge is 0.481 e. The number of aromatic nitrogens is 2. The SMILES string of the molecule is CC(C)(C)c1ncc2n1CCCC2C(=O)O. The molecule has 88 valence electrons. The second kappa shape index (κ2) is 3.61. The third-order valence-corrected chi connectivity index (χ3v) is 3.09. The van der Waals surface area contributed by atoms with Crippen molar-refractivity contribution in [1.82, 2.24) is 9.55 Å². The molecule has 0 bridgehead atoms. The van der Waals surface area contributed by atoms with Crippen molar-refractivity contribution in [3.63, 3.8) is 0 Å². The van der Waals surface area contributed by atoms with Gasteiger partial charge in [-0.2, -0.15) is 0 Å². The first-order chi connectivity index (χ1) is 7.41. The van der Waals surface area contributed by atoms with E-state index in [9.17, 15) is 4.79 Å². The monoisotopic (exact) mass is 222 g/mol. The van der Waals surface area contributed by atoms with Gasteiger partial charge in [0.2, 0.25) is 0 Å². The predicted molar refractivity (Wildman–Crippen MR) is 60.5 cm³/mol. The molecule has 1 unspecified atom stereocenters. The molecule has 0 saturated heterocycles. The molecule has 0 aliphatic carbocycles. The van der Waals surface area contributed by atoms with Crippen molar-refractivity contribution in [2.24, 2.45) is 0 Å². The van der Waals surface area contributed by atoms with Gasteiger partial charge in [-0.25, -0.2) is 4.98 Å². The Labute approximate surface area is 95.3 Å². The summed E-state index contributed by atoms with van der Waals surface area (Å²) in [6.45, 7) is 7.21. The number of fused-ring (bicyclic) bond motifs is 1. The Bertz CT molecular complexity index is 415. The topological polar surface area (TPSA) is 55.1 Å². The van der Waals surface area contributed by atoms with Gasteiger partial charge >= 0.3 is 5.97 Å². The van der Waals surface area contributed by atoms with Crippen LogP contribution in [0.3, 0.4) is 0 Å². The number of carboxylic acid groups (broad SMARTS) is 1. The van der Waals surface area contributed by atoms with E-state index < -0.39 is 5.97 Å². The van der Waals surface area contributed by atoms with E-state index in [4.69, 9.17) is 5.11 Å². The van der Waals surface area contributed by atoms with E-state index in [0.29, 0.717) is 0 Å². The van der Waals surface area contributed by atoms with Gasteiger partial charge in [0.25, 0.3) is 0 Å². The molecule has 16 heavy (non-hydrogen) atoms. The molecule has 4 nitrogen and oxygen atoms in total. The minimum absolute atomic E-state index is 0.0291. The summed E-state index contributed by atoms with van der Waals surface area (Å²) in [5.41, 5.74) is 0.835. The van der Waals surface area contributed by atoms with Crippen LogP contribution < -0.4 is 0 Å². The Balaban J connectivity index is 2.46. The van der Waals surface area contributed by atoms with E-state index in [0.717, 1.165) is 30.9 Å². The highest BCUT2D eigenvalue weighted by Gasteiger charge is 2.31. The maximum absolute atomic E-state index is 11.1. The number of hydrogen-bond acceptors (Lipinski definition) is 2. The molecular weight excluding hydrogens is 204 g/mol. The van der Waals surface area contributed by atoms with E-state index in [-0.39, 0.29) is 11.3 Å². The average molecular weight is 222 g/mol. The summed E-state index contributed by atoms with van der Waals surface area (Å²) in [6, 6.07) is 0. The summed E-state index contributed by atoms with van der Waals surface area (Å²) in [5, 5.41) is 9.16. The van der Waals surface area contributed by atoms with Crippen LogP contribution in [0.4, 0.5) is 0 Å². The van der Waals surface area contributed by atoms with Crippen LogP contribution in [0.15, 0.2) is 6.20 Å². The zero-order chi connectivity index (χ0) is 11.9. The van der Waals surface area contributed by atoms with Crippen LogP contribution >= 0.6 is 0 Å². The van der Waals surface area contributed by atoms with E-state index in [2.05, 4.69) is 30.3 Å². The number of nitrogens with zero attached hydrogens (tertiary/aromatic N) is 2. The summed E-state index contributed by atoms with van der Waals surface area (Å²) in [7, 11) is 0. The first kappa shape index (κ1) is 11.2. The average Bonchev–Trinajstić information content (AvgIpc) is 2.59. The van der Waals surface area contributed by atoms with Gasteiger partial charge in [0.15, 0.2) is 0 Å². The fourth-order valence-corrected chi connectivity index (χ4v) is 2.35. The van der Waals surface area contributed by atoms with Crippen LogP contribution in [-0.2, 0) is 16.8 Å². The summed E-state index contributed by atoms with van der Waals surface area (Å²) >= 11 is 0. The molecule has 1 atom stereocenters. The smallest absolute Gasteiger partial charge is 0.312 e. The van der Waals surface area contributed by atoms with E-state index >= 15 is 0 Å². The van der Waals surface area contributed by atoms with Crippen LogP contribution in [0.1, 0.15) is 51.0 Å². The third-order valence-electron chi connectivity index (χ3n) is 3.09. The Morgan fingerprint density at radius 2 is 2.25 bits per heavy atom. The van der Waals surface area contributed by atoms with Crippen molar-refractivity contribution < 1.29 is 9.90 Å². The molecular formula is C12H18N2O2. The van der Waals surface area contributed by atoms with Crippen LogP contribution in [0.25, 0.3) is 0 Å². The number of carboxylic acids is 1. The van der Waals surface area contributed by atoms with Crippen LogP contribution in [-0.4, -0.2) is 20.6 Å². The molecule has 0 radical (unpaired) electrons. The van der Waals surface area contributed by atoms with Crippen molar-refractivity contribution in [2.45, 2.75) is 51.5 Å². The number of imidazole rings is 1. The van der Waals surface area contributed by atoms with Crippen molar-refractivity contribution in [2.75, 3.05) is 0 Å². The highest BCUT2D eigenvalue weighted by Crippen LogP contribution is 2.32. The first-order valence-electron chi connectivity index (χ1n) is 5.70. The zero-order valence-electron chi connectivity index (χ0n) is 10.0. The van der Waals surface area contributed by atoms with Gasteiger partial charge < -0.3 is 9.67 Å². The molecule has 2 heterocycles. The van der Waals surface area contributed by atoms with Gasteiger partial charge in [-0.15, -0.1) is 0 Å². The summed E-state index contributed by atoms with van der Waals surface area (Å²) in [5.74, 6) is -0.118. The van der Waals surface area contributed by atoms with Gasteiger partial charge in [-0.05, 0) is 12.8 Å². The molecule has 2 rings (SSSR count). The minimum Gasteiger partial charge on any atom is -0.481 e. The maximum Gasteiger partial charge on any atom is 0.312 e. The number of carbonyl (C=O) groups is 1. The Kier molecular flexibility index (Phi) is 2.52. The van der Waals surface area contributed by atoms with Gasteiger partial charge in [0.05, 0.1) is 11.6 Å². The van der Waals surface area contributed by atoms with E-state index in [1.54, 1.807) is 6.20 Å². The molecule has 0 fully saturated rings. The zero-order valence-corrected chi connectivity index (χ0v) is 10.0. The van der Waals surface area contributed by atoms with Gasteiger partial charge in [0.1, 0.15) is 5.82 Å². The molecule has 0 spiro atoms. The molecule has 0 aromatic carbocycles. The molecule has 1 aliphatic rings. The third kappa shape index (κ3) is 1.72. The number of rotatable bonds is 1. The Morgan fingerprint density at radius 3 is 2.81 bits per heavy atom. The van der Waals surface area contributed by atoms with Crippen molar-refractivity contribution >= 4 is 5.97 Å². The highest BCUT2D eigenvalue weighted by molar-refractivity contribution is 5.75. The lowest BCUT2D eigenvalue weighted by Crippen LogP contribution is -2.26. The van der Waals surface area contributed by atoms with Crippen LogP contribution in [0, 0.1) is 0 Å². The summed E-state index contributed by atoms with van der Waals surface area (Å²) < 4.78 is 2.09. The molecule has 4 heteroatoms. The maximum atomic E-state index is 11.1. The standard InChI is InChI=1S/C12H18N2O2/c1-12(2,3)11-13-7-9-8(10(15)16)5-4-6-14(9)11/h7-8H,4-6H2,1-3H3,(H,15,16). The quantitative estimate of drug-likeness (QED) is 0.792. The lowest BCUT2D eigenvalue weighted by atomic mass is 9.93. The number of aliphatic carboxylic acids is 1. The van der Waals surface area contributed by atoms with Crippen LogP contribution in [0.5, 0.6) is 0 Å². The minimum atomic E-state index is -0.735. The normalized spacial score (nSPS) is 20.6. The molecule has 1 aromatic heterocycles. The fourth-order valence-electron chi connectivity index (χ4n) is 2.35. The molecule has 0 saturated carbocycles. The van der Waals surface area contributed by atoms with Gasteiger partial charge in [0, 0.05) is 18.2 Å². The molecule has 1 N–H and O–H groups in total. The predicted octanol–water partition coefficient (Wildman–Crippen LogP) is 2.14. The number of hydrogen-bond donors (Lipinski definition) is 1. The highest BCUT2D eigenvalue weighted by atomic mass is 16.4. The van der Waals surface area contributed by atoms with Gasteiger partial charge in [-0.3, -0.25) is 4.79 Å². The van der Waals surface area contributed by atoms with E-state index in [1.807, 2.05) is 0 Å². The molecule has 1 aromatic rings. The fraction of sp³-hybridized carbons (Fsp3) is 0.667.